The van der Waals surface area contributed by atoms with Gasteiger partial charge < -0.3 is 9.80 Å². The van der Waals surface area contributed by atoms with Crippen molar-refractivity contribution in [3.05, 3.63) is 114 Å². The van der Waals surface area contributed by atoms with Crippen LogP contribution in [0.1, 0.15) is 41.9 Å². The van der Waals surface area contributed by atoms with E-state index in [0.29, 0.717) is 12.5 Å². The summed E-state index contributed by atoms with van der Waals surface area (Å²) in [6.45, 7) is 7.51. The number of amides is 1. The highest BCUT2D eigenvalue weighted by molar-refractivity contribution is 6.10. The third kappa shape index (κ3) is 3.91. The zero-order chi connectivity index (χ0) is 22.7. The van der Waals surface area contributed by atoms with E-state index in [4.69, 9.17) is 0 Å². The van der Waals surface area contributed by atoms with Gasteiger partial charge in [-0.05, 0) is 67.6 Å². The van der Waals surface area contributed by atoms with Gasteiger partial charge in [0.05, 0.1) is 0 Å². The Kier molecular flexibility index (Phi) is 6.15. The van der Waals surface area contributed by atoms with Crippen molar-refractivity contribution in [1.29, 1.82) is 0 Å². The lowest BCUT2D eigenvalue weighted by molar-refractivity contribution is -0.122. The Balaban J connectivity index is 1.40. The molecule has 1 amide bonds. The average Bonchev–Trinajstić information content (AvgIpc) is 3.12. The molecule has 2 aliphatic rings. The fourth-order valence-corrected chi connectivity index (χ4v) is 5.76. The molecule has 1 fully saturated rings. The lowest BCUT2D eigenvalue weighted by Gasteiger charge is -2.36. The standard InChI is InChI=1S/C30H32N2O/c1-2-20-32-28-16-10-9-15-27(28)30(29(32)33,26-13-7-4-8-14-26)19-23-31-21-17-25(18-22-31)24-11-5-3-6-12-24/h2-16,25H,1,17-23H2. The Morgan fingerprint density at radius 1 is 0.879 bits per heavy atom. The van der Waals surface area contributed by atoms with Crippen LogP contribution in [0.5, 0.6) is 0 Å². The van der Waals surface area contributed by atoms with Crippen molar-refractivity contribution >= 4 is 11.6 Å². The highest BCUT2D eigenvalue weighted by atomic mass is 16.2. The van der Waals surface area contributed by atoms with E-state index >= 15 is 0 Å². The number of hydrogen-bond donors (Lipinski definition) is 0. The minimum atomic E-state index is -0.642. The molecular weight excluding hydrogens is 404 g/mol. The summed E-state index contributed by atoms with van der Waals surface area (Å²) in [5.74, 6) is 0.816. The molecule has 0 bridgehead atoms. The summed E-state index contributed by atoms with van der Waals surface area (Å²) in [5, 5.41) is 0. The number of para-hydroxylation sites is 1. The normalized spacial score (nSPS) is 21.2. The second-order valence-electron chi connectivity index (χ2n) is 9.27. The lowest BCUT2D eigenvalue weighted by Crippen LogP contribution is -2.44. The molecule has 1 unspecified atom stereocenters. The summed E-state index contributed by atoms with van der Waals surface area (Å²) in [6.07, 6.45) is 4.96. The van der Waals surface area contributed by atoms with E-state index in [1.165, 1.54) is 18.4 Å². The zero-order valence-corrected chi connectivity index (χ0v) is 19.2. The summed E-state index contributed by atoms with van der Waals surface area (Å²) in [5.41, 5.74) is 4.05. The van der Waals surface area contributed by atoms with Gasteiger partial charge in [0, 0.05) is 12.2 Å². The van der Waals surface area contributed by atoms with E-state index < -0.39 is 5.41 Å². The SMILES string of the molecule is C=CCN1C(=O)C(CCN2CCC(c3ccccc3)CC2)(c2ccccc2)c2ccccc21. The molecular formula is C30H32N2O. The van der Waals surface area contributed by atoms with E-state index in [9.17, 15) is 4.79 Å². The quantitative estimate of drug-likeness (QED) is 0.439. The number of nitrogens with zero attached hydrogens (tertiary/aromatic N) is 2. The average molecular weight is 437 g/mol. The number of rotatable bonds is 7. The number of hydrogen-bond acceptors (Lipinski definition) is 2. The van der Waals surface area contributed by atoms with E-state index in [0.717, 1.165) is 42.9 Å². The summed E-state index contributed by atoms with van der Waals surface area (Å²) in [4.78, 5) is 18.5. The van der Waals surface area contributed by atoms with Gasteiger partial charge in [-0.15, -0.1) is 6.58 Å². The van der Waals surface area contributed by atoms with Crippen molar-refractivity contribution in [1.82, 2.24) is 4.90 Å². The number of carbonyl (C=O) groups is 1. The van der Waals surface area contributed by atoms with Crippen LogP contribution >= 0.6 is 0 Å². The predicted octanol–water partition coefficient (Wildman–Crippen LogP) is 5.78. The molecule has 1 saturated heterocycles. The van der Waals surface area contributed by atoms with Crippen molar-refractivity contribution < 1.29 is 4.79 Å². The van der Waals surface area contributed by atoms with Crippen molar-refractivity contribution in [3.63, 3.8) is 0 Å². The fraction of sp³-hybridized carbons (Fsp3) is 0.300. The van der Waals surface area contributed by atoms with Crippen LogP contribution in [0.2, 0.25) is 0 Å². The molecule has 1 atom stereocenters. The minimum Gasteiger partial charge on any atom is -0.307 e. The monoisotopic (exact) mass is 436 g/mol. The first kappa shape index (κ1) is 21.7. The van der Waals surface area contributed by atoms with Crippen LogP contribution in [0.4, 0.5) is 5.69 Å². The third-order valence-corrected chi connectivity index (χ3v) is 7.50. The van der Waals surface area contributed by atoms with Gasteiger partial charge in [-0.3, -0.25) is 4.79 Å². The summed E-state index contributed by atoms with van der Waals surface area (Å²) < 4.78 is 0. The molecule has 0 spiro atoms. The van der Waals surface area contributed by atoms with Gasteiger partial charge in [0.15, 0.2) is 0 Å². The van der Waals surface area contributed by atoms with Crippen LogP contribution in [-0.4, -0.2) is 37.0 Å². The van der Waals surface area contributed by atoms with Crippen molar-refractivity contribution in [2.45, 2.75) is 30.6 Å². The van der Waals surface area contributed by atoms with Crippen LogP contribution in [-0.2, 0) is 10.2 Å². The summed E-state index contributed by atoms with van der Waals surface area (Å²) in [6, 6.07) is 29.6. The first-order chi connectivity index (χ1) is 16.2. The third-order valence-electron chi connectivity index (χ3n) is 7.50. The second kappa shape index (κ2) is 9.36. The van der Waals surface area contributed by atoms with Gasteiger partial charge in [-0.1, -0.05) is 84.9 Å². The molecule has 3 aromatic rings. The topological polar surface area (TPSA) is 23.6 Å². The van der Waals surface area contributed by atoms with Gasteiger partial charge in [-0.2, -0.15) is 0 Å². The number of piperidine rings is 1. The molecule has 168 valence electrons. The summed E-state index contributed by atoms with van der Waals surface area (Å²) in [7, 11) is 0. The maximum Gasteiger partial charge on any atom is 0.242 e. The maximum absolute atomic E-state index is 14.0. The Bertz CT molecular complexity index is 1100. The van der Waals surface area contributed by atoms with Gasteiger partial charge in [0.2, 0.25) is 5.91 Å². The summed E-state index contributed by atoms with van der Waals surface area (Å²) >= 11 is 0. The van der Waals surface area contributed by atoms with Crippen molar-refractivity contribution in [2.75, 3.05) is 31.1 Å². The molecule has 3 heteroatoms. The first-order valence-corrected chi connectivity index (χ1v) is 12.1. The molecule has 2 heterocycles. The highest BCUT2D eigenvalue weighted by Crippen LogP contribution is 2.48. The number of benzene rings is 3. The van der Waals surface area contributed by atoms with Crippen LogP contribution in [0.15, 0.2) is 97.6 Å². The van der Waals surface area contributed by atoms with Gasteiger partial charge >= 0.3 is 0 Å². The highest BCUT2D eigenvalue weighted by Gasteiger charge is 2.51. The van der Waals surface area contributed by atoms with Gasteiger partial charge in [0.25, 0.3) is 0 Å². The fourth-order valence-electron chi connectivity index (χ4n) is 5.76. The van der Waals surface area contributed by atoms with Gasteiger partial charge in [-0.25, -0.2) is 0 Å². The van der Waals surface area contributed by atoms with Crippen LogP contribution in [0.25, 0.3) is 0 Å². The minimum absolute atomic E-state index is 0.175. The van der Waals surface area contributed by atoms with Crippen molar-refractivity contribution in [3.8, 4) is 0 Å². The number of fused-ring (bicyclic) bond motifs is 1. The van der Waals surface area contributed by atoms with E-state index in [1.54, 1.807) is 0 Å². The Labute approximate surface area is 197 Å². The molecule has 33 heavy (non-hydrogen) atoms. The van der Waals surface area contributed by atoms with Crippen molar-refractivity contribution in [2.24, 2.45) is 0 Å². The number of anilines is 1. The molecule has 0 aliphatic carbocycles. The maximum atomic E-state index is 14.0. The molecule has 2 aliphatic heterocycles. The lowest BCUT2D eigenvalue weighted by atomic mass is 9.72. The largest absolute Gasteiger partial charge is 0.307 e. The number of carbonyl (C=O) groups excluding carboxylic acids is 1. The Morgan fingerprint density at radius 3 is 2.21 bits per heavy atom. The number of likely N-dealkylation sites (tertiary alicyclic amines) is 1. The second-order valence-corrected chi connectivity index (χ2v) is 9.27. The Morgan fingerprint density at radius 2 is 1.52 bits per heavy atom. The molecule has 0 radical (unpaired) electrons. The predicted molar refractivity (Wildman–Crippen MR) is 136 cm³/mol. The van der Waals surface area contributed by atoms with Crippen LogP contribution in [0, 0.1) is 0 Å². The molecule has 0 aromatic heterocycles. The zero-order valence-electron chi connectivity index (χ0n) is 19.2. The van der Waals surface area contributed by atoms with E-state index in [2.05, 4.69) is 84.3 Å². The Hall–Kier alpha value is -3.17. The molecule has 0 saturated carbocycles. The van der Waals surface area contributed by atoms with Gasteiger partial charge in [0.1, 0.15) is 5.41 Å². The van der Waals surface area contributed by atoms with E-state index in [1.807, 2.05) is 23.1 Å². The van der Waals surface area contributed by atoms with E-state index in [-0.39, 0.29) is 5.91 Å². The molecule has 3 nitrogen and oxygen atoms in total. The smallest absolute Gasteiger partial charge is 0.242 e. The van der Waals surface area contributed by atoms with Crippen LogP contribution < -0.4 is 4.90 Å². The van der Waals surface area contributed by atoms with Crippen LogP contribution in [0.3, 0.4) is 0 Å². The molecule has 0 N–H and O–H groups in total. The molecule has 5 rings (SSSR count). The first-order valence-electron chi connectivity index (χ1n) is 12.1. The molecule has 3 aromatic carbocycles.